The lowest BCUT2D eigenvalue weighted by atomic mass is 9.91. The third kappa shape index (κ3) is 8.01. The van der Waals surface area contributed by atoms with Gasteiger partial charge in [-0.3, -0.25) is 24.2 Å². The predicted molar refractivity (Wildman–Crippen MR) is 173 cm³/mol. The molecule has 0 saturated heterocycles. The van der Waals surface area contributed by atoms with E-state index in [2.05, 4.69) is 26.8 Å². The normalized spacial score (nSPS) is 15.0. The second-order valence-electron chi connectivity index (χ2n) is 10.8. The lowest BCUT2D eigenvalue weighted by Crippen LogP contribution is -2.43. The Hall–Kier alpha value is -3.18. The third-order valence-corrected chi connectivity index (χ3v) is 7.94. The van der Waals surface area contributed by atoms with Crippen LogP contribution in [0.2, 0.25) is 0 Å². The molecule has 0 spiro atoms. The van der Waals surface area contributed by atoms with E-state index in [4.69, 9.17) is 0 Å². The van der Waals surface area contributed by atoms with E-state index in [1.165, 1.54) is 0 Å². The molecule has 0 radical (unpaired) electrons. The van der Waals surface area contributed by atoms with Crippen molar-refractivity contribution < 1.29 is 18.0 Å². The number of pyridine rings is 1. The quantitative estimate of drug-likeness (QED) is 0.287. The second kappa shape index (κ2) is 14.3. The highest BCUT2D eigenvalue weighted by molar-refractivity contribution is 7.92. The van der Waals surface area contributed by atoms with Crippen LogP contribution in [0, 0.1) is 5.41 Å². The number of fused-ring (bicyclic) bond motifs is 1. The molecule has 4 rings (SSSR count). The van der Waals surface area contributed by atoms with E-state index < -0.39 is 15.4 Å². The molecule has 2 amide bonds. The zero-order valence-electron chi connectivity index (χ0n) is 24.5. The number of anilines is 3. The van der Waals surface area contributed by atoms with Crippen LogP contribution in [0.5, 0.6) is 0 Å². The Bertz CT molecular complexity index is 1500. The van der Waals surface area contributed by atoms with Gasteiger partial charge < -0.3 is 10.2 Å². The smallest absolute Gasteiger partial charge is 0.241 e. The zero-order chi connectivity index (χ0) is 29.1. The first kappa shape index (κ1) is 35.0. The van der Waals surface area contributed by atoms with Gasteiger partial charge in [-0.2, -0.15) is 0 Å². The number of sulfonamides is 1. The summed E-state index contributed by atoms with van der Waals surface area (Å²) >= 11 is 0. The molecule has 0 bridgehead atoms. The number of rotatable bonds is 10. The summed E-state index contributed by atoms with van der Waals surface area (Å²) in [6, 6.07) is 17.1. The number of hydrogen-bond donors (Lipinski definition) is 2. The van der Waals surface area contributed by atoms with Gasteiger partial charge in [-0.1, -0.05) is 37.3 Å². The van der Waals surface area contributed by atoms with Crippen molar-refractivity contribution >= 4 is 63.7 Å². The SMILES string of the molecule is CCC(c1ccc2c(c1)N(C)C(=O)C(C)(C)C(=O)N2)N(CCc1cccnc1)Cc1ccccc1NS(C)(=O)=O.Cl.Cl. The van der Waals surface area contributed by atoms with Gasteiger partial charge in [0, 0.05) is 38.6 Å². The summed E-state index contributed by atoms with van der Waals surface area (Å²) < 4.78 is 26.8. The van der Waals surface area contributed by atoms with Gasteiger partial charge in [-0.25, -0.2) is 8.42 Å². The first-order valence-electron chi connectivity index (χ1n) is 13.3. The van der Waals surface area contributed by atoms with Crippen molar-refractivity contribution in [2.24, 2.45) is 5.41 Å². The maximum atomic E-state index is 13.2. The number of amides is 2. The molecule has 1 atom stereocenters. The zero-order valence-corrected chi connectivity index (χ0v) is 26.9. The van der Waals surface area contributed by atoms with Gasteiger partial charge in [0.1, 0.15) is 5.41 Å². The number of benzene rings is 2. The maximum Gasteiger partial charge on any atom is 0.241 e. The molecule has 0 aliphatic carbocycles. The summed E-state index contributed by atoms with van der Waals surface area (Å²) in [5.74, 6) is -0.612. The van der Waals surface area contributed by atoms with Crippen LogP contribution in [0.25, 0.3) is 0 Å². The first-order chi connectivity index (χ1) is 18.9. The summed E-state index contributed by atoms with van der Waals surface area (Å²) in [5.41, 5.74) is 3.54. The topological polar surface area (TPSA) is 112 Å². The second-order valence-corrected chi connectivity index (χ2v) is 12.5. The van der Waals surface area contributed by atoms with Gasteiger partial charge in [0.2, 0.25) is 21.8 Å². The predicted octanol–water partition coefficient (Wildman–Crippen LogP) is 5.43. The van der Waals surface area contributed by atoms with Gasteiger partial charge in [0.05, 0.1) is 23.3 Å². The third-order valence-electron chi connectivity index (χ3n) is 7.35. The highest BCUT2D eigenvalue weighted by atomic mass is 35.5. The molecule has 2 aromatic carbocycles. The molecule has 1 aliphatic heterocycles. The van der Waals surface area contributed by atoms with Crippen LogP contribution >= 0.6 is 24.8 Å². The number of hydrogen-bond acceptors (Lipinski definition) is 6. The minimum absolute atomic E-state index is 0. The van der Waals surface area contributed by atoms with Gasteiger partial charge in [0.15, 0.2) is 0 Å². The molecule has 1 unspecified atom stereocenters. The molecular formula is C30H39Cl2N5O4S. The van der Waals surface area contributed by atoms with Gasteiger partial charge >= 0.3 is 0 Å². The van der Waals surface area contributed by atoms with E-state index in [1.807, 2.05) is 54.7 Å². The average molecular weight is 637 g/mol. The molecule has 2 heterocycles. The molecule has 1 aliphatic rings. The van der Waals surface area contributed by atoms with Crippen molar-refractivity contribution in [2.45, 2.75) is 46.2 Å². The van der Waals surface area contributed by atoms with E-state index in [9.17, 15) is 18.0 Å². The minimum Gasteiger partial charge on any atom is -0.323 e. The van der Waals surface area contributed by atoms with E-state index in [1.54, 1.807) is 38.1 Å². The fourth-order valence-electron chi connectivity index (χ4n) is 5.09. The Labute approximate surface area is 261 Å². The molecule has 42 heavy (non-hydrogen) atoms. The van der Waals surface area contributed by atoms with Crippen molar-refractivity contribution in [3.05, 3.63) is 83.7 Å². The maximum absolute atomic E-state index is 13.2. The lowest BCUT2D eigenvalue weighted by molar-refractivity contribution is -0.136. The first-order valence-corrected chi connectivity index (χ1v) is 15.2. The van der Waals surface area contributed by atoms with Crippen LogP contribution in [0.4, 0.5) is 17.1 Å². The van der Waals surface area contributed by atoms with E-state index in [-0.39, 0.29) is 42.7 Å². The Balaban J connectivity index is 0.00000308. The minimum atomic E-state index is -3.46. The molecule has 1 aromatic heterocycles. The fourth-order valence-corrected chi connectivity index (χ4v) is 5.69. The lowest BCUT2D eigenvalue weighted by Gasteiger charge is -2.33. The van der Waals surface area contributed by atoms with Crippen LogP contribution in [0.1, 0.15) is 49.9 Å². The molecule has 3 aromatic rings. The standard InChI is InChI=1S/C30H37N5O4S.2ClH/c1-6-26(22-13-14-25-27(18-22)34(4)29(37)30(2,3)28(36)32-25)35(17-15-21-10-9-16-31-19-21)20-23-11-7-8-12-24(23)33-40(5,38)39;;/h7-14,16,18-19,26,33H,6,15,17,20H2,1-5H3,(H,32,36);2*1H. The number of nitrogens with zero attached hydrogens (tertiary/aromatic N) is 3. The average Bonchev–Trinajstić information content (AvgIpc) is 2.97. The largest absolute Gasteiger partial charge is 0.323 e. The van der Waals surface area contributed by atoms with Crippen LogP contribution in [-0.4, -0.2) is 50.0 Å². The molecule has 9 nitrogen and oxygen atoms in total. The Morgan fingerprint density at radius 3 is 2.43 bits per heavy atom. The van der Waals surface area contributed by atoms with Crippen LogP contribution in [0.15, 0.2) is 67.0 Å². The molecule has 228 valence electrons. The molecule has 0 fully saturated rings. The summed E-state index contributed by atoms with van der Waals surface area (Å²) in [5, 5.41) is 2.92. The number of carbonyl (C=O) groups excluding carboxylic acids is 2. The number of halogens is 2. The van der Waals surface area contributed by atoms with E-state index in [0.29, 0.717) is 30.2 Å². The van der Waals surface area contributed by atoms with Gasteiger partial charge in [0.25, 0.3) is 0 Å². The number of para-hydroxylation sites is 1. The Kier molecular flexibility index (Phi) is 11.9. The van der Waals surface area contributed by atoms with Crippen molar-refractivity contribution in [1.82, 2.24) is 9.88 Å². The fraction of sp³-hybridized carbons (Fsp3) is 0.367. The molecule has 0 saturated carbocycles. The molecule has 12 heteroatoms. The molecular weight excluding hydrogens is 597 g/mol. The van der Waals surface area contributed by atoms with Crippen molar-refractivity contribution in [3.8, 4) is 0 Å². The van der Waals surface area contributed by atoms with E-state index in [0.717, 1.165) is 35.8 Å². The number of aromatic nitrogens is 1. The van der Waals surface area contributed by atoms with Gasteiger partial charge in [-0.15, -0.1) is 24.8 Å². The van der Waals surface area contributed by atoms with Crippen molar-refractivity contribution in [1.29, 1.82) is 0 Å². The van der Waals surface area contributed by atoms with Crippen molar-refractivity contribution in [3.63, 3.8) is 0 Å². The Morgan fingerprint density at radius 2 is 1.79 bits per heavy atom. The summed E-state index contributed by atoms with van der Waals surface area (Å²) in [6.07, 6.45) is 6.26. The Morgan fingerprint density at radius 1 is 1.07 bits per heavy atom. The highest BCUT2D eigenvalue weighted by Crippen LogP contribution is 2.38. The van der Waals surface area contributed by atoms with Crippen LogP contribution in [-0.2, 0) is 32.6 Å². The summed E-state index contributed by atoms with van der Waals surface area (Å²) in [7, 11) is -1.76. The summed E-state index contributed by atoms with van der Waals surface area (Å²) in [4.78, 5) is 34.1. The van der Waals surface area contributed by atoms with Crippen LogP contribution in [0.3, 0.4) is 0 Å². The summed E-state index contributed by atoms with van der Waals surface area (Å²) in [6.45, 7) is 6.55. The number of carbonyl (C=O) groups is 2. The van der Waals surface area contributed by atoms with E-state index >= 15 is 0 Å². The monoisotopic (exact) mass is 635 g/mol. The highest BCUT2D eigenvalue weighted by Gasteiger charge is 2.42. The van der Waals surface area contributed by atoms with Crippen molar-refractivity contribution in [2.75, 3.05) is 34.8 Å². The van der Waals surface area contributed by atoms with Gasteiger partial charge in [-0.05, 0) is 67.6 Å². The molecule has 2 N–H and O–H groups in total. The number of nitrogens with one attached hydrogen (secondary N) is 2. The van der Waals surface area contributed by atoms with Crippen LogP contribution < -0.4 is 14.9 Å².